The van der Waals surface area contributed by atoms with Gasteiger partial charge < -0.3 is 9.15 Å². The predicted octanol–water partition coefficient (Wildman–Crippen LogP) is 4.92. The van der Waals surface area contributed by atoms with Crippen molar-refractivity contribution in [2.75, 3.05) is 12.1 Å². The number of para-hydroxylation sites is 1. The molecule has 0 bridgehead atoms. The lowest BCUT2D eigenvalue weighted by molar-refractivity contribution is 0.180. The molecular formula is C27H25N5O4. The molecule has 0 aliphatic heterocycles. The average Bonchev–Trinajstić information content (AvgIpc) is 3.46. The Morgan fingerprint density at radius 1 is 0.917 bits per heavy atom. The fraction of sp³-hybridized carbons (Fsp3) is 0.185. The first-order valence-corrected chi connectivity index (χ1v) is 11.7. The van der Waals surface area contributed by atoms with E-state index in [1.165, 1.54) is 11.6 Å². The van der Waals surface area contributed by atoms with Crippen molar-refractivity contribution in [2.24, 2.45) is 0 Å². The van der Waals surface area contributed by atoms with Crippen LogP contribution in [0.2, 0.25) is 0 Å². The van der Waals surface area contributed by atoms with E-state index in [9.17, 15) is 4.79 Å². The van der Waals surface area contributed by atoms with Crippen LogP contribution in [0, 0.1) is 0 Å². The van der Waals surface area contributed by atoms with E-state index in [-0.39, 0.29) is 17.0 Å². The normalized spacial score (nSPS) is 11.0. The van der Waals surface area contributed by atoms with Gasteiger partial charge in [0, 0.05) is 6.07 Å². The molecule has 5 aromatic rings. The summed E-state index contributed by atoms with van der Waals surface area (Å²) in [7, 11) is 0. The van der Waals surface area contributed by atoms with E-state index in [1.807, 2.05) is 30.3 Å². The molecule has 0 aliphatic rings. The van der Waals surface area contributed by atoms with Gasteiger partial charge in [-0.2, -0.15) is 5.21 Å². The number of hydrogen-bond acceptors (Lipinski definition) is 8. The SMILES string of the molecule is O=c1cc(-c2nn[nH]n2)oc2c(NOCc3ccc(OCCCCc4ccccc4)cc3)cccc12. The van der Waals surface area contributed by atoms with E-state index in [4.69, 9.17) is 14.0 Å². The summed E-state index contributed by atoms with van der Waals surface area (Å²) in [5, 5.41) is 14.0. The number of H-pyrrole nitrogens is 1. The Morgan fingerprint density at radius 3 is 2.58 bits per heavy atom. The lowest BCUT2D eigenvalue weighted by Crippen LogP contribution is -2.06. The average molecular weight is 484 g/mol. The van der Waals surface area contributed by atoms with Crippen LogP contribution in [0.5, 0.6) is 5.75 Å². The van der Waals surface area contributed by atoms with Gasteiger partial charge in [-0.3, -0.25) is 15.1 Å². The number of fused-ring (bicyclic) bond motifs is 1. The third-order valence-electron chi connectivity index (χ3n) is 5.64. The van der Waals surface area contributed by atoms with Gasteiger partial charge >= 0.3 is 0 Å². The topological polar surface area (TPSA) is 115 Å². The van der Waals surface area contributed by atoms with Crippen molar-refractivity contribution < 1.29 is 14.0 Å². The molecule has 0 spiro atoms. The first-order chi connectivity index (χ1) is 17.8. The molecule has 2 heterocycles. The molecule has 9 heteroatoms. The fourth-order valence-electron chi connectivity index (χ4n) is 3.78. The minimum Gasteiger partial charge on any atom is -0.494 e. The summed E-state index contributed by atoms with van der Waals surface area (Å²) in [6, 6.07) is 24.8. The number of aromatic amines is 1. The molecule has 3 aromatic carbocycles. The molecule has 9 nitrogen and oxygen atoms in total. The van der Waals surface area contributed by atoms with Gasteiger partial charge in [0.1, 0.15) is 11.4 Å². The maximum atomic E-state index is 12.5. The highest BCUT2D eigenvalue weighted by Gasteiger charge is 2.13. The standard InChI is InChI=1S/C27H25N5O4/c33-24-17-25(27-28-31-32-29-27)36-26-22(24)10-6-11-23(26)30-35-18-20-12-14-21(15-13-20)34-16-5-4-9-19-7-2-1-3-8-19/h1-3,6-8,10-15,17,30H,4-5,9,16,18H2,(H,28,29,31,32). The number of ether oxygens (including phenoxy) is 1. The highest BCUT2D eigenvalue weighted by molar-refractivity contribution is 5.88. The fourth-order valence-corrected chi connectivity index (χ4v) is 3.78. The highest BCUT2D eigenvalue weighted by Crippen LogP contribution is 2.25. The summed E-state index contributed by atoms with van der Waals surface area (Å²) >= 11 is 0. The highest BCUT2D eigenvalue weighted by atomic mass is 16.6. The largest absolute Gasteiger partial charge is 0.494 e. The van der Waals surface area contributed by atoms with Crippen LogP contribution in [0.4, 0.5) is 5.69 Å². The quantitative estimate of drug-likeness (QED) is 0.201. The third kappa shape index (κ3) is 5.76. The minimum atomic E-state index is -0.213. The van der Waals surface area contributed by atoms with E-state index in [1.54, 1.807) is 18.2 Å². The summed E-state index contributed by atoms with van der Waals surface area (Å²) in [4.78, 5) is 18.2. The van der Waals surface area contributed by atoms with Gasteiger partial charge in [-0.15, -0.1) is 10.2 Å². The molecule has 0 aliphatic carbocycles. The number of nitrogens with one attached hydrogen (secondary N) is 2. The zero-order valence-corrected chi connectivity index (χ0v) is 19.5. The van der Waals surface area contributed by atoms with Crippen LogP contribution in [-0.2, 0) is 17.9 Å². The minimum absolute atomic E-state index is 0.197. The van der Waals surface area contributed by atoms with Gasteiger partial charge in [0.05, 0.1) is 18.6 Å². The Hall–Kier alpha value is -4.50. The molecular weight excluding hydrogens is 458 g/mol. The number of benzene rings is 3. The Labute approximate surface area is 207 Å². The number of rotatable bonds is 11. The van der Waals surface area contributed by atoms with Gasteiger partial charge in [-0.05, 0) is 59.9 Å². The lowest BCUT2D eigenvalue weighted by Gasteiger charge is -2.10. The molecule has 0 fully saturated rings. The molecule has 36 heavy (non-hydrogen) atoms. The predicted molar refractivity (Wildman–Crippen MR) is 135 cm³/mol. The number of hydrogen-bond donors (Lipinski definition) is 2. The van der Waals surface area contributed by atoms with E-state index >= 15 is 0 Å². The van der Waals surface area contributed by atoms with Crippen molar-refractivity contribution in [1.82, 2.24) is 20.6 Å². The molecule has 5 rings (SSSR count). The molecule has 2 aromatic heterocycles. The molecule has 0 saturated heterocycles. The number of tetrazole rings is 1. The maximum absolute atomic E-state index is 12.5. The maximum Gasteiger partial charge on any atom is 0.239 e. The molecule has 182 valence electrons. The zero-order valence-electron chi connectivity index (χ0n) is 19.5. The number of anilines is 1. The molecule has 0 amide bonds. The summed E-state index contributed by atoms with van der Waals surface area (Å²) in [5.41, 5.74) is 5.86. The van der Waals surface area contributed by atoms with Gasteiger partial charge in [-0.1, -0.05) is 48.5 Å². The zero-order chi connectivity index (χ0) is 24.6. The van der Waals surface area contributed by atoms with Crippen molar-refractivity contribution >= 4 is 16.7 Å². The van der Waals surface area contributed by atoms with Gasteiger partial charge in [0.25, 0.3) is 0 Å². The molecule has 0 saturated carbocycles. The Bertz CT molecular complexity index is 1450. The second kappa shape index (κ2) is 11.3. The number of unbranched alkanes of at least 4 members (excludes halogenated alkanes) is 1. The van der Waals surface area contributed by atoms with E-state index < -0.39 is 0 Å². The van der Waals surface area contributed by atoms with Gasteiger partial charge in [0.15, 0.2) is 16.8 Å². The van der Waals surface area contributed by atoms with Crippen molar-refractivity contribution in [3.05, 3.63) is 100 Å². The van der Waals surface area contributed by atoms with Crippen molar-refractivity contribution in [3.63, 3.8) is 0 Å². The molecule has 2 N–H and O–H groups in total. The number of nitrogens with zero attached hydrogens (tertiary/aromatic N) is 3. The van der Waals surface area contributed by atoms with Crippen molar-refractivity contribution in [3.8, 4) is 17.3 Å². The van der Waals surface area contributed by atoms with E-state index in [0.29, 0.717) is 29.9 Å². The van der Waals surface area contributed by atoms with Crippen LogP contribution < -0.4 is 15.6 Å². The van der Waals surface area contributed by atoms with Crippen molar-refractivity contribution in [1.29, 1.82) is 0 Å². The summed E-state index contributed by atoms with van der Waals surface area (Å²) in [6.07, 6.45) is 3.15. The summed E-state index contributed by atoms with van der Waals surface area (Å²) in [6.45, 7) is 0.991. The summed E-state index contributed by atoms with van der Waals surface area (Å²) in [5.74, 6) is 1.24. The first-order valence-electron chi connectivity index (χ1n) is 11.7. The first kappa shape index (κ1) is 23.3. The Balaban J connectivity index is 1.13. The van der Waals surface area contributed by atoms with Gasteiger partial charge in [-0.25, -0.2) is 0 Å². The molecule has 0 radical (unpaired) electrons. The second-order valence-electron chi connectivity index (χ2n) is 8.22. The lowest BCUT2D eigenvalue weighted by atomic mass is 10.1. The van der Waals surface area contributed by atoms with Crippen LogP contribution in [-0.4, -0.2) is 27.2 Å². The van der Waals surface area contributed by atoms with Gasteiger partial charge in [0.2, 0.25) is 5.82 Å². The third-order valence-corrected chi connectivity index (χ3v) is 5.64. The molecule has 0 atom stereocenters. The smallest absolute Gasteiger partial charge is 0.239 e. The number of aryl methyl sites for hydroxylation is 1. The Kier molecular flexibility index (Phi) is 7.29. The number of aromatic nitrogens is 4. The monoisotopic (exact) mass is 483 g/mol. The van der Waals surface area contributed by atoms with E-state index in [0.717, 1.165) is 30.6 Å². The Morgan fingerprint density at radius 2 is 1.78 bits per heavy atom. The molecule has 0 unspecified atom stereocenters. The van der Waals surface area contributed by atoms with Crippen LogP contribution >= 0.6 is 0 Å². The van der Waals surface area contributed by atoms with Crippen molar-refractivity contribution in [2.45, 2.75) is 25.9 Å². The second-order valence-corrected chi connectivity index (χ2v) is 8.22. The summed E-state index contributed by atoms with van der Waals surface area (Å²) < 4.78 is 11.7. The van der Waals surface area contributed by atoms with Crippen LogP contribution in [0.1, 0.15) is 24.0 Å². The van der Waals surface area contributed by atoms with Crippen LogP contribution in [0.15, 0.2) is 88.1 Å². The van der Waals surface area contributed by atoms with Crippen LogP contribution in [0.3, 0.4) is 0 Å². The van der Waals surface area contributed by atoms with E-state index in [2.05, 4.69) is 50.4 Å². The van der Waals surface area contributed by atoms with Crippen LogP contribution in [0.25, 0.3) is 22.6 Å².